The Hall–Kier alpha value is -0.970. The SMILES string of the molecule is Cl.Cl.Clc1ccccc1COc1ccccc1CNC1CN2CCC1CC2. The number of nitrogens with one attached hydrogen (secondary N) is 1. The van der Waals surface area contributed by atoms with Crippen molar-refractivity contribution in [2.24, 2.45) is 5.92 Å². The van der Waals surface area contributed by atoms with Gasteiger partial charge in [-0.15, -0.1) is 24.8 Å². The first-order valence-corrected chi connectivity index (χ1v) is 9.57. The lowest BCUT2D eigenvalue weighted by atomic mass is 9.84. The Morgan fingerprint density at radius 2 is 1.63 bits per heavy atom. The molecule has 6 heteroatoms. The number of ether oxygens (including phenoxy) is 1. The fourth-order valence-electron chi connectivity index (χ4n) is 4.00. The quantitative estimate of drug-likeness (QED) is 0.703. The molecule has 0 saturated carbocycles. The Morgan fingerprint density at radius 3 is 2.30 bits per heavy atom. The topological polar surface area (TPSA) is 24.5 Å². The van der Waals surface area contributed by atoms with E-state index in [1.54, 1.807) is 0 Å². The van der Waals surface area contributed by atoms with E-state index in [4.69, 9.17) is 16.3 Å². The summed E-state index contributed by atoms with van der Waals surface area (Å²) < 4.78 is 6.07. The predicted molar refractivity (Wildman–Crippen MR) is 117 cm³/mol. The van der Waals surface area contributed by atoms with Crippen molar-refractivity contribution in [3.05, 3.63) is 64.7 Å². The Kier molecular flexibility index (Phi) is 8.71. The summed E-state index contributed by atoms with van der Waals surface area (Å²) in [5.74, 6) is 1.78. The van der Waals surface area contributed by atoms with Crippen LogP contribution in [0.15, 0.2) is 48.5 Å². The molecule has 3 aliphatic rings. The van der Waals surface area contributed by atoms with E-state index < -0.39 is 0 Å². The number of hydrogen-bond donors (Lipinski definition) is 1. The van der Waals surface area contributed by atoms with Gasteiger partial charge in [0.2, 0.25) is 0 Å². The van der Waals surface area contributed by atoms with Crippen molar-refractivity contribution in [1.29, 1.82) is 0 Å². The van der Waals surface area contributed by atoms with Crippen molar-refractivity contribution in [3.8, 4) is 5.75 Å². The fraction of sp³-hybridized carbons (Fsp3) is 0.429. The average molecular weight is 430 g/mol. The molecule has 1 unspecified atom stereocenters. The summed E-state index contributed by atoms with van der Waals surface area (Å²) in [7, 11) is 0. The molecule has 0 aromatic heterocycles. The van der Waals surface area contributed by atoms with Crippen molar-refractivity contribution in [2.75, 3.05) is 19.6 Å². The lowest BCUT2D eigenvalue weighted by Gasteiger charge is -2.45. The van der Waals surface area contributed by atoms with Gasteiger partial charge in [0, 0.05) is 35.3 Å². The molecule has 1 N–H and O–H groups in total. The van der Waals surface area contributed by atoms with Crippen LogP contribution in [0.25, 0.3) is 0 Å². The van der Waals surface area contributed by atoms with Crippen LogP contribution in [-0.4, -0.2) is 30.6 Å². The van der Waals surface area contributed by atoms with Crippen LogP contribution < -0.4 is 10.1 Å². The van der Waals surface area contributed by atoms with Gasteiger partial charge in [-0.3, -0.25) is 0 Å². The predicted octanol–water partition coefficient (Wildman–Crippen LogP) is 4.95. The van der Waals surface area contributed by atoms with Crippen molar-refractivity contribution < 1.29 is 4.74 Å². The zero-order valence-electron chi connectivity index (χ0n) is 15.3. The summed E-state index contributed by atoms with van der Waals surface area (Å²) in [6.45, 7) is 5.10. The van der Waals surface area contributed by atoms with Crippen LogP contribution in [-0.2, 0) is 13.2 Å². The molecule has 2 aromatic rings. The Morgan fingerprint density at radius 1 is 0.963 bits per heavy atom. The Balaban J connectivity index is 0.00000131. The van der Waals surface area contributed by atoms with Crippen molar-refractivity contribution in [1.82, 2.24) is 10.2 Å². The molecule has 3 saturated heterocycles. The number of nitrogens with zero attached hydrogens (tertiary/aromatic N) is 1. The maximum atomic E-state index is 6.23. The standard InChI is InChI=1S/C21H25ClN2O.2ClH/c22-19-7-3-1-6-18(19)15-25-21-8-4-2-5-17(21)13-23-20-14-24-11-9-16(20)10-12-24;;/h1-8,16,20,23H,9-15H2;2*1H. The highest BCUT2D eigenvalue weighted by molar-refractivity contribution is 6.31. The highest BCUT2D eigenvalue weighted by Crippen LogP contribution is 2.28. The van der Waals surface area contributed by atoms with Crippen molar-refractivity contribution in [3.63, 3.8) is 0 Å². The van der Waals surface area contributed by atoms with E-state index in [0.29, 0.717) is 12.6 Å². The second-order valence-electron chi connectivity index (χ2n) is 7.11. The van der Waals surface area contributed by atoms with Crippen molar-refractivity contribution >= 4 is 36.4 Å². The molecule has 3 heterocycles. The largest absolute Gasteiger partial charge is 0.489 e. The first kappa shape index (κ1) is 22.3. The monoisotopic (exact) mass is 428 g/mol. The third-order valence-corrected chi connectivity index (χ3v) is 5.89. The number of halogens is 3. The normalized spacial score (nSPS) is 23.2. The van der Waals surface area contributed by atoms with Gasteiger partial charge in [-0.1, -0.05) is 48.0 Å². The van der Waals surface area contributed by atoms with Crippen LogP contribution in [0, 0.1) is 5.92 Å². The second-order valence-corrected chi connectivity index (χ2v) is 7.52. The molecule has 2 bridgehead atoms. The number of piperidine rings is 3. The molecule has 5 rings (SSSR count). The van der Waals surface area contributed by atoms with Gasteiger partial charge in [0.25, 0.3) is 0 Å². The molecule has 0 spiro atoms. The number of hydrogen-bond acceptors (Lipinski definition) is 3. The maximum Gasteiger partial charge on any atom is 0.124 e. The molecule has 3 aliphatic heterocycles. The van der Waals surface area contributed by atoms with Crippen LogP contribution in [0.3, 0.4) is 0 Å². The Labute approximate surface area is 179 Å². The molecule has 3 fully saturated rings. The zero-order valence-corrected chi connectivity index (χ0v) is 17.7. The van der Waals surface area contributed by atoms with Gasteiger partial charge in [-0.05, 0) is 44.0 Å². The number of para-hydroxylation sites is 1. The molecule has 1 atom stereocenters. The third kappa shape index (κ3) is 5.52. The summed E-state index contributed by atoms with van der Waals surface area (Å²) in [5.41, 5.74) is 2.23. The van der Waals surface area contributed by atoms with E-state index in [-0.39, 0.29) is 24.8 Å². The number of fused-ring (bicyclic) bond motifs is 3. The van der Waals surface area contributed by atoms with Crippen LogP contribution >= 0.6 is 36.4 Å². The van der Waals surface area contributed by atoms with E-state index in [9.17, 15) is 0 Å². The van der Waals surface area contributed by atoms with E-state index >= 15 is 0 Å². The fourth-order valence-corrected chi connectivity index (χ4v) is 4.19. The molecule has 3 nitrogen and oxygen atoms in total. The zero-order chi connectivity index (χ0) is 17.1. The second kappa shape index (κ2) is 10.5. The van der Waals surface area contributed by atoms with Gasteiger partial charge in [-0.2, -0.15) is 0 Å². The van der Waals surface area contributed by atoms with E-state index in [2.05, 4.69) is 22.3 Å². The Bertz CT molecular complexity index is 720. The van der Waals surface area contributed by atoms with Gasteiger partial charge in [0.1, 0.15) is 12.4 Å². The van der Waals surface area contributed by atoms with Crippen LogP contribution in [0.4, 0.5) is 0 Å². The molecular weight excluding hydrogens is 403 g/mol. The third-order valence-electron chi connectivity index (χ3n) is 5.52. The first-order chi connectivity index (χ1) is 12.3. The lowest BCUT2D eigenvalue weighted by Crippen LogP contribution is -2.55. The van der Waals surface area contributed by atoms with Gasteiger partial charge in [0.05, 0.1) is 0 Å². The minimum absolute atomic E-state index is 0. The summed E-state index contributed by atoms with van der Waals surface area (Å²) >= 11 is 6.23. The lowest BCUT2D eigenvalue weighted by molar-refractivity contribution is 0.0718. The molecule has 2 aromatic carbocycles. The summed E-state index contributed by atoms with van der Waals surface area (Å²) in [4.78, 5) is 2.58. The van der Waals surface area contributed by atoms with Crippen LogP contribution in [0.1, 0.15) is 24.0 Å². The van der Waals surface area contributed by atoms with Gasteiger partial charge in [-0.25, -0.2) is 0 Å². The summed E-state index contributed by atoms with van der Waals surface area (Å²) in [5, 5.41) is 4.53. The molecule has 0 aliphatic carbocycles. The highest BCUT2D eigenvalue weighted by Gasteiger charge is 2.33. The molecule has 148 valence electrons. The van der Waals surface area contributed by atoms with Gasteiger partial charge < -0.3 is 15.0 Å². The molecule has 0 amide bonds. The highest BCUT2D eigenvalue weighted by atomic mass is 35.5. The minimum Gasteiger partial charge on any atom is -0.489 e. The summed E-state index contributed by atoms with van der Waals surface area (Å²) in [6, 6.07) is 16.8. The van der Waals surface area contributed by atoms with E-state index in [1.807, 2.05) is 36.4 Å². The first-order valence-electron chi connectivity index (χ1n) is 9.19. The van der Waals surface area contributed by atoms with Crippen molar-refractivity contribution in [2.45, 2.75) is 32.0 Å². The van der Waals surface area contributed by atoms with Gasteiger partial charge >= 0.3 is 0 Å². The van der Waals surface area contributed by atoms with E-state index in [0.717, 1.165) is 28.8 Å². The maximum absolute atomic E-state index is 6.23. The van der Waals surface area contributed by atoms with Crippen LogP contribution in [0.2, 0.25) is 5.02 Å². The molecular formula is C21H27Cl3N2O. The summed E-state index contributed by atoms with van der Waals surface area (Å²) in [6.07, 6.45) is 2.67. The van der Waals surface area contributed by atoms with Gasteiger partial charge in [0.15, 0.2) is 0 Å². The average Bonchev–Trinajstić information content (AvgIpc) is 2.67. The number of benzene rings is 2. The molecule has 27 heavy (non-hydrogen) atoms. The smallest absolute Gasteiger partial charge is 0.124 e. The number of rotatable bonds is 6. The van der Waals surface area contributed by atoms with E-state index in [1.165, 1.54) is 38.0 Å². The molecule has 0 radical (unpaired) electrons. The van der Waals surface area contributed by atoms with Crippen LogP contribution in [0.5, 0.6) is 5.75 Å². The minimum atomic E-state index is 0.